The third-order valence-electron chi connectivity index (χ3n) is 2.93. The van der Waals surface area contributed by atoms with Gasteiger partial charge in [-0.2, -0.15) is 9.40 Å². The van der Waals surface area contributed by atoms with Crippen LogP contribution in [0.3, 0.4) is 0 Å². The van der Waals surface area contributed by atoms with E-state index < -0.39 is 10.0 Å². The Labute approximate surface area is 117 Å². The first kappa shape index (κ1) is 14.7. The third-order valence-corrected chi connectivity index (χ3v) is 4.61. The van der Waals surface area contributed by atoms with E-state index in [1.165, 1.54) is 17.7 Å². The Kier molecular flexibility index (Phi) is 4.19. The van der Waals surface area contributed by atoms with Gasteiger partial charge in [-0.25, -0.2) is 18.4 Å². The number of nitrogens with one attached hydrogen (secondary N) is 1. The van der Waals surface area contributed by atoms with Crippen LogP contribution in [0.15, 0.2) is 17.6 Å². The summed E-state index contributed by atoms with van der Waals surface area (Å²) in [7, 11) is -2.13. The Balaban J connectivity index is 2.23. The van der Waals surface area contributed by atoms with Crippen LogP contribution in [0, 0.1) is 6.92 Å². The van der Waals surface area contributed by atoms with Gasteiger partial charge in [0.15, 0.2) is 5.03 Å². The molecular formula is C11H18N6O2S. The Morgan fingerprint density at radius 1 is 1.45 bits per heavy atom. The van der Waals surface area contributed by atoms with Gasteiger partial charge < -0.3 is 4.57 Å². The first-order valence-electron chi connectivity index (χ1n) is 6.29. The molecule has 0 spiro atoms. The molecule has 110 valence electrons. The van der Waals surface area contributed by atoms with Gasteiger partial charge in [-0.3, -0.25) is 5.10 Å². The van der Waals surface area contributed by atoms with Crippen molar-refractivity contribution in [1.82, 2.24) is 29.0 Å². The van der Waals surface area contributed by atoms with Crippen LogP contribution in [0.5, 0.6) is 0 Å². The number of hydrogen-bond donors (Lipinski definition) is 1. The highest BCUT2D eigenvalue weighted by Gasteiger charge is 2.25. The molecule has 0 aliphatic rings. The summed E-state index contributed by atoms with van der Waals surface area (Å²) >= 11 is 0. The van der Waals surface area contributed by atoms with E-state index in [2.05, 4.69) is 20.2 Å². The van der Waals surface area contributed by atoms with Gasteiger partial charge in [0, 0.05) is 19.8 Å². The SMILES string of the molecule is CCCn1cc(S(=O)(=O)N(C)Cc2ncn[nH]2)nc1C. The number of H-pyrrole nitrogens is 1. The lowest BCUT2D eigenvalue weighted by Gasteiger charge is -2.13. The summed E-state index contributed by atoms with van der Waals surface area (Å²) in [4.78, 5) is 8.06. The maximum atomic E-state index is 12.4. The molecule has 0 amide bonds. The number of sulfonamides is 1. The fraction of sp³-hybridized carbons (Fsp3) is 0.545. The van der Waals surface area contributed by atoms with Crippen LogP contribution in [0.1, 0.15) is 25.0 Å². The number of hydrogen-bond acceptors (Lipinski definition) is 5. The van der Waals surface area contributed by atoms with Crippen molar-refractivity contribution in [2.24, 2.45) is 0 Å². The zero-order valence-electron chi connectivity index (χ0n) is 11.7. The van der Waals surface area contributed by atoms with Crippen molar-refractivity contribution in [2.45, 2.75) is 38.4 Å². The molecule has 0 unspecified atom stereocenters. The molecule has 2 heterocycles. The minimum atomic E-state index is -3.62. The Bertz CT molecular complexity index is 661. The quantitative estimate of drug-likeness (QED) is 0.839. The lowest BCUT2D eigenvalue weighted by Crippen LogP contribution is -2.27. The first-order valence-corrected chi connectivity index (χ1v) is 7.73. The van der Waals surface area contributed by atoms with Gasteiger partial charge in [-0.1, -0.05) is 6.92 Å². The normalized spacial score (nSPS) is 12.2. The molecule has 0 bridgehead atoms. The van der Waals surface area contributed by atoms with Crippen LogP contribution >= 0.6 is 0 Å². The highest BCUT2D eigenvalue weighted by Crippen LogP contribution is 2.15. The number of aryl methyl sites for hydroxylation is 2. The number of aromatic amines is 1. The number of nitrogens with zero attached hydrogens (tertiary/aromatic N) is 5. The van der Waals surface area contributed by atoms with Crippen molar-refractivity contribution in [3.05, 3.63) is 24.2 Å². The molecule has 2 aromatic heterocycles. The fourth-order valence-corrected chi connectivity index (χ4v) is 2.95. The number of aromatic nitrogens is 5. The van der Waals surface area contributed by atoms with E-state index in [9.17, 15) is 8.42 Å². The van der Waals surface area contributed by atoms with Crippen LogP contribution in [-0.4, -0.2) is 44.5 Å². The summed E-state index contributed by atoms with van der Waals surface area (Å²) in [6, 6.07) is 0. The Hall–Kier alpha value is -1.74. The summed E-state index contributed by atoms with van der Waals surface area (Å²) in [6.45, 7) is 4.71. The largest absolute Gasteiger partial charge is 0.334 e. The fourth-order valence-electron chi connectivity index (χ4n) is 1.83. The predicted molar refractivity (Wildman–Crippen MR) is 72.3 cm³/mol. The van der Waals surface area contributed by atoms with Gasteiger partial charge in [-0.15, -0.1) is 0 Å². The van der Waals surface area contributed by atoms with E-state index in [0.29, 0.717) is 11.6 Å². The zero-order chi connectivity index (χ0) is 14.8. The van der Waals surface area contributed by atoms with Gasteiger partial charge in [0.05, 0.1) is 6.54 Å². The highest BCUT2D eigenvalue weighted by atomic mass is 32.2. The lowest BCUT2D eigenvalue weighted by molar-refractivity contribution is 0.455. The zero-order valence-corrected chi connectivity index (χ0v) is 12.6. The molecule has 0 radical (unpaired) electrons. The van der Waals surface area contributed by atoms with Crippen LogP contribution in [0.25, 0.3) is 0 Å². The predicted octanol–water partition coefficient (Wildman–Crippen LogP) is 0.540. The second-order valence-electron chi connectivity index (χ2n) is 4.51. The van der Waals surface area contributed by atoms with Gasteiger partial charge in [0.2, 0.25) is 0 Å². The molecule has 0 aromatic carbocycles. The van der Waals surface area contributed by atoms with Gasteiger partial charge in [0.1, 0.15) is 18.0 Å². The van der Waals surface area contributed by atoms with Gasteiger partial charge in [0.25, 0.3) is 10.0 Å². The monoisotopic (exact) mass is 298 g/mol. The van der Waals surface area contributed by atoms with Crippen LogP contribution in [0.4, 0.5) is 0 Å². The maximum Gasteiger partial charge on any atom is 0.262 e. The molecule has 0 saturated carbocycles. The minimum absolute atomic E-state index is 0.0606. The van der Waals surface area contributed by atoms with Crippen molar-refractivity contribution >= 4 is 10.0 Å². The Morgan fingerprint density at radius 2 is 2.20 bits per heavy atom. The molecule has 0 atom stereocenters. The second kappa shape index (κ2) is 5.71. The molecule has 2 aromatic rings. The summed E-state index contributed by atoms with van der Waals surface area (Å²) < 4.78 is 27.9. The van der Waals surface area contributed by atoms with Gasteiger partial charge in [-0.05, 0) is 13.3 Å². The third kappa shape index (κ3) is 2.88. The number of rotatable bonds is 6. The second-order valence-corrected chi connectivity index (χ2v) is 6.50. The first-order chi connectivity index (χ1) is 9.45. The van der Waals surface area contributed by atoms with E-state index in [1.54, 1.807) is 13.1 Å². The van der Waals surface area contributed by atoms with E-state index in [1.807, 2.05) is 11.5 Å². The molecule has 0 aliphatic carbocycles. The summed E-state index contributed by atoms with van der Waals surface area (Å²) in [5.41, 5.74) is 0. The Morgan fingerprint density at radius 3 is 2.80 bits per heavy atom. The molecule has 20 heavy (non-hydrogen) atoms. The van der Waals surface area contributed by atoms with Crippen molar-refractivity contribution in [3.8, 4) is 0 Å². The highest BCUT2D eigenvalue weighted by molar-refractivity contribution is 7.89. The molecule has 8 nitrogen and oxygen atoms in total. The molecule has 0 aliphatic heterocycles. The van der Waals surface area contributed by atoms with Crippen molar-refractivity contribution in [1.29, 1.82) is 0 Å². The summed E-state index contributed by atoms with van der Waals surface area (Å²) in [5, 5.41) is 6.39. The average molecular weight is 298 g/mol. The smallest absolute Gasteiger partial charge is 0.262 e. The minimum Gasteiger partial charge on any atom is -0.334 e. The molecule has 0 saturated heterocycles. The molecule has 2 rings (SSSR count). The van der Waals surface area contributed by atoms with Crippen LogP contribution < -0.4 is 0 Å². The summed E-state index contributed by atoms with van der Waals surface area (Å²) in [5.74, 6) is 1.18. The lowest BCUT2D eigenvalue weighted by atomic mass is 10.5. The van der Waals surface area contributed by atoms with Crippen molar-refractivity contribution < 1.29 is 8.42 Å². The van der Waals surface area contributed by atoms with Gasteiger partial charge >= 0.3 is 0 Å². The summed E-state index contributed by atoms with van der Waals surface area (Å²) in [6.07, 6.45) is 3.84. The topological polar surface area (TPSA) is 96.8 Å². The standard InChI is InChI=1S/C11H18N6O2S/c1-4-5-17-7-11(14-9(17)2)20(18,19)16(3)6-10-12-8-13-15-10/h7-8H,4-6H2,1-3H3,(H,12,13,15). The molecule has 0 fully saturated rings. The van der Waals surface area contributed by atoms with Crippen LogP contribution in [0.2, 0.25) is 0 Å². The van der Waals surface area contributed by atoms with E-state index in [0.717, 1.165) is 13.0 Å². The average Bonchev–Trinajstić information content (AvgIpc) is 3.01. The van der Waals surface area contributed by atoms with E-state index >= 15 is 0 Å². The van der Waals surface area contributed by atoms with Crippen LogP contribution in [-0.2, 0) is 23.1 Å². The van der Waals surface area contributed by atoms with Crippen molar-refractivity contribution in [2.75, 3.05) is 7.05 Å². The molecular weight excluding hydrogens is 280 g/mol. The van der Waals surface area contributed by atoms with Crippen molar-refractivity contribution in [3.63, 3.8) is 0 Å². The number of imidazole rings is 1. The maximum absolute atomic E-state index is 12.4. The van der Waals surface area contributed by atoms with E-state index in [-0.39, 0.29) is 11.6 Å². The molecule has 9 heteroatoms. The van der Waals surface area contributed by atoms with E-state index in [4.69, 9.17) is 0 Å². The molecule has 1 N–H and O–H groups in total.